The van der Waals surface area contributed by atoms with E-state index in [2.05, 4.69) is 24.6 Å². The third-order valence-electron chi connectivity index (χ3n) is 3.58. The minimum atomic E-state index is -7.43. The van der Waals surface area contributed by atoms with Gasteiger partial charge in [-0.3, -0.25) is 4.79 Å². The predicted octanol–water partition coefficient (Wildman–Crippen LogP) is 4.42. The van der Waals surface area contributed by atoms with E-state index in [1.807, 2.05) is 13.8 Å². The molecule has 0 saturated carbocycles. The Morgan fingerprint density at radius 3 is 1.53 bits per heavy atom. The Morgan fingerprint density at radius 1 is 0.906 bits per heavy atom. The number of benzene rings is 1. The lowest BCUT2D eigenvalue weighted by Crippen LogP contribution is -2.63. The summed E-state index contributed by atoms with van der Waals surface area (Å²) in [5, 5.41) is -7.11. The van der Waals surface area contributed by atoms with Gasteiger partial charge in [-0.25, -0.2) is 8.42 Å². The van der Waals surface area contributed by atoms with Crippen LogP contribution in [0.2, 0.25) is 0 Å². The molecular weight excluding hydrogens is 507 g/mol. The summed E-state index contributed by atoms with van der Waals surface area (Å²) in [4.78, 5) is 12.2. The fourth-order valence-corrected chi connectivity index (χ4v) is 3.24. The monoisotopic (exact) mass is 524 g/mol. The second-order valence-electron chi connectivity index (χ2n) is 6.41. The standard InChI is InChI=1S/C12H17O2S.C4HF9O3S/c1-8-6-11(15(4)5)7-9(2)12(8)14-10(3)13;5-1(6,3(9,10)11)2(7,8)4(12,13)17(14,15)16/h6-7H,1-5H3;(H,14,15,16)/q+1;/p-1. The summed E-state index contributed by atoms with van der Waals surface area (Å²) in [6.07, 6.45) is -2.80. The smallest absolute Gasteiger partial charge is 0.460 e. The van der Waals surface area contributed by atoms with Crippen LogP contribution < -0.4 is 4.74 Å². The second-order valence-corrected chi connectivity index (χ2v) is 9.94. The molecule has 0 unspecified atom stereocenters. The lowest BCUT2D eigenvalue weighted by atomic mass is 10.1. The Morgan fingerprint density at radius 2 is 1.28 bits per heavy atom. The number of hydrogen-bond acceptors (Lipinski definition) is 5. The number of hydrogen-bond donors (Lipinski definition) is 0. The highest BCUT2D eigenvalue weighted by atomic mass is 32.2. The quantitative estimate of drug-likeness (QED) is 0.187. The average molecular weight is 524 g/mol. The number of ether oxygens (including phenoxy) is 1. The molecule has 0 aliphatic rings. The molecule has 16 heteroatoms. The Bertz CT molecular complexity index is 919. The highest BCUT2D eigenvalue weighted by Gasteiger charge is 2.83. The highest BCUT2D eigenvalue weighted by Crippen LogP contribution is 2.54. The van der Waals surface area contributed by atoms with Crippen molar-refractivity contribution in [2.24, 2.45) is 0 Å². The van der Waals surface area contributed by atoms with E-state index in [9.17, 15) is 57.3 Å². The van der Waals surface area contributed by atoms with Crippen LogP contribution >= 0.6 is 0 Å². The van der Waals surface area contributed by atoms with Gasteiger partial charge in [0.2, 0.25) is 0 Å². The van der Waals surface area contributed by atoms with Crippen LogP contribution in [0.15, 0.2) is 17.0 Å². The number of carbonyl (C=O) groups is 1. The van der Waals surface area contributed by atoms with Crippen molar-refractivity contribution < 1.29 is 62.0 Å². The summed E-state index contributed by atoms with van der Waals surface area (Å²) in [5.74, 6) is -14.4. The van der Waals surface area contributed by atoms with Crippen LogP contribution in [0, 0.1) is 13.8 Å². The number of aryl methyl sites for hydroxylation is 2. The van der Waals surface area contributed by atoms with Gasteiger partial charge in [-0.15, -0.1) is 0 Å². The Balaban J connectivity index is 0.000000604. The molecule has 0 atom stereocenters. The molecule has 5 nitrogen and oxygen atoms in total. The number of esters is 1. The topological polar surface area (TPSA) is 83.5 Å². The summed E-state index contributed by atoms with van der Waals surface area (Å²) < 4.78 is 141. The minimum absolute atomic E-state index is 0.239. The van der Waals surface area contributed by atoms with Crippen molar-refractivity contribution >= 4 is 27.0 Å². The van der Waals surface area contributed by atoms with Crippen molar-refractivity contribution in [3.05, 3.63) is 23.3 Å². The molecule has 186 valence electrons. The van der Waals surface area contributed by atoms with Crippen molar-refractivity contribution in [1.82, 2.24) is 0 Å². The maximum absolute atomic E-state index is 12.2. The molecule has 1 aromatic carbocycles. The first-order chi connectivity index (χ1) is 13.9. The van der Waals surface area contributed by atoms with E-state index in [0.717, 1.165) is 11.1 Å². The average Bonchev–Trinajstić information content (AvgIpc) is 2.55. The van der Waals surface area contributed by atoms with Gasteiger partial charge in [0, 0.05) is 17.8 Å². The molecule has 0 aliphatic heterocycles. The van der Waals surface area contributed by atoms with Crippen LogP contribution in [0.4, 0.5) is 39.5 Å². The van der Waals surface area contributed by atoms with Crippen LogP contribution in [-0.2, 0) is 25.8 Å². The van der Waals surface area contributed by atoms with Crippen molar-refractivity contribution in [1.29, 1.82) is 0 Å². The first-order valence-electron chi connectivity index (χ1n) is 7.94. The molecule has 0 spiro atoms. The zero-order chi connectivity index (χ0) is 26.1. The Kier molecular flexibility index (Phi) is 9.16. The van der Waals surface area contributed by atoms with Gasteiger partial charge in [-0.2, -0.15) is 39.5 Å². The van der Waals surface area contributed by atoms with Gasteiger partial charge < -0.3 is 9.29 Å². The molecule has 1 aromatic rings. The van der Waals surface area contributed by atoms with Crippen LogP contribution in [-0.4, -0.2) is 54.7 Å². The molecule has 0 saturated heterocycles. The van der Waals surface area contributed by atoms with Gasteiger partial charge in [-0.1, -0.05) is 0 Å². The molecule has 0 heterocycles. The summed E-state index contributed by atoms with van der Waals surface area (Å²) in [5.41, 5.74) is 2.06. The predicted molar refractivity (Wildman–Crippen MR) is 95.3 cm³/mol. The van der Waals surface area contributed by atoms with E-state index in [1.54, 1.807) is 0 Å². The molecule has 0 radical (unpaired) electrons. The van der Waals surface area contributed by atoms with E-state index in [4.69, 9.17) is 4.74 Å². The number of alkyl halides is 9. The van der Waals surface area contributed by atoms with Crippen LogP contribution in [0.3, 0.4) is 0 Å². The maximum atomic E-state index is 12.2. The first kappa shape index (κ1) is 30.3. The lowest BCUT2D eigenvalue weighted by Gasteiger charge is -2.34. The van der Waals surface area contributed by atoms with Crippen molar-refractivity contribution in [2.45, 2.75) is 48.9 Å². The SMILES string of the molecule is CC(=O)Oc1c(C)cc([S+](C)C)cc1C.O=S(=O)([O-])C(F)(F)C(F)(F)C(F)(F)C(F)(F)F. The van der Waals surface area contributed by atoms with Gasteiger partial charge >= 0.3 is 29.2 Å². The fourth-order valence-electron chi connectivity index (χ4n) is 1.97. The molecule has 0 bridgehead atoms. The van der Waals surface area contributed by atoms with Gasteiger partial charge in [0.25, 0.3) is 0 Å². The van der Waals surface area contributed by atoms with Crippen molar-refractivity contribution in [2.75, 3.05) is 12.5 Å². The van der Waals surface area contributed by atoms with E-state index in [0.29, 0.717) is 5.75 Å². The fraction of sp³-hybridized carbons (Fsp3) is 0.562. The van der Waals surface area contributed by atoms with Gasteiger partial charge in [0.05, 0.1) is 0 Å². The van der Waals surface area contributed by atoms with Gasteiger partial charge in [0.15, 0.2) is 15.0 Å². The van der Waals surface area contributed by atoms with Crippen molar-refractivity contribution in [3.63, 3.8) is 0 Å². The van der Waals surface area contributed by atoms with Gasteiger partial charge in [0.1, 0.15) is 18.3 Å². The zero-order valence-corrected chi connectivity index (χ0v) is 18.5. The summed E-state index contributed by atoms with van der Waals surface area (Å²) in [7, 11) is -7.18. The minimum Gasteiger partial charge on any atom is -0.743 e. The molecular formula is C16H17F9O5S2. The molecule has 0 amide bonds. The third-order valence-corrected chi connectivity index (χ3v) is 5.64. The second kappa shape index (κ2) is 9.67. The van der Waals surface area contributed by atoms with E-state index >= 15 is 0 Å². The van der Waals surface area contributed by atoms with Crippen molar-refractivity contribution in [3.8, 4) is 5.75 Å². The maximum Gasteiger partial charge on any atom is 0.460 e. The lowest BCUT2D eigenvalue weighted by molar-refractivity contribution is -0.382. The molecule has 0 N–H and O–H groups in total. The van der Waals surface area contributed by atoms with E-state index in [-0.39, 0.29) is 16.9 Å². The van der Waals surface area contributed by atoms with E-state index < -0.39 is 33.4 Å². The van der Waals surface area contributed by atoms with E-state index in [1.165, 1.54) is 11.8 Å². The first-order valence-corrected chi connectivity index (χ1v) is 11.4. The third kappa shape index (κ3) is 6.21. The highest BCUT2D eigenvalue weighted by molar-refractivity contribution is 7.95. The van der Waals surface area contributed by atoms with Crippen LogP contribution in [0.1, 0.15) is 18.1 Å². The molecule has 0 fully saturated rings. The Labute approximate surface area is 180 Å². The molecule has 0 aromatic heterocycles. The molecule has 0 aliphatic carbocycles. The summed E-state index contributed by atoms with van der Waals surface area (Å²) in [6, 6.07) is 4.18. The number of rotatable bonds is 5. The summed E-state index contributed by atoms with van der Waals surface area (Å²) in [6.45, 7) is 5.38. The zero-order valence-electron chi connectivity index (χ0n) is 16.9. The normalized spacial score (nSPS) is 13.5. The van der Waals surface area contributed by atoms with Crippen LogP contribution in [0.25, 0.3) is 0 Å². The number of carbonyl (C=O) groups excluding carboxylic acids is 1. The molecule has 32 heavy (non-hydrogen) atoms. The molecule has 1 rings (SSSR count). The Hall–Kier alpha value is -1.68. The van der Waals surface area contributed by atoms with Gasteiger partial charge in [-0.05, 0) is 37.1 Å². The summed E-state index contributed by atoms with van der Waals surface area (Å²) >= 11 is 0. The van der Waals surface area contributed by atoms with Crippen LogP contribution in [0.5, 0.6) is 5.75 Å². The largest absolute Gasteiger partial charge is 0.743 e. The number of halogens is 9.